The summed E-state index contributed by atoms with van der Waals surface area (Å²) in [6, 6.07) is 24.0. The third-order valence-electron chi connectivity index (χ3n) is 8.48. The zero-order valence-electron chi connectivity index (χ0n) is 28.8. The van der Waals surface area contributed by atoms with Crippen molar-refractivity contribution in [3.63, 3.8) is 0 Å². The predicted octanol–water partition coefficient (Wildman–Crippen LogP) is 7.74. The largest absolute Gasteiger partial charge is 0.455 e. The van der Waals surface area contributed by atoms with E-state index in [1.165, 1.54) is 10.2 Å². The van der Waals surface area contributed by atoms with Crippen LogP contribution in [0, 0.1) is 6.92 Å². The summed E-state index contributed by atoms with van der Waals surface area (Å²) in [6.07, 6.45) is 6.64. The Labute approximate surface area is 297 Å². The van der Waals surface area contributed by atoms with E-state index in [1.807, 2.05) is 76.2 Å². The highest BCUT2D eigenvalue weighted by Gasteiger charge is 2.28. The summed E-state index contributed by atoms with van der Waals surface area (Å²) in [4.78, 5) is 28.4. The third kappa shape index (κ3) is 7.27. The number of carbonyl (C=O) groups is 1. The van der Waals surface area contributed by atoms with Crippen molar-refractivity contribution in [2.45, 2.75) is 57.7 Å². The zero-order valence-corrected chi connectivity index (χ0v) is 29.6. The number of nitrogens with zero attached hydrogens (tertiary/aromatic N) is 5. The number of fused-ring (bicyclic) bond motifs is 2. The third-order valence-corrected chi connectivity index (χ3v) is 10.1. The Balaban J connectivity index is 1.28. The molecule has 2 aromatic carbocycles. The number of pyridine rings is 3. The molecule has 7 rings (SSSR count). The maximum atomic E-state index is 14.1. The molecule has 1 amide bonds. The molecule has 11 nitrogen and oxygen atoms in total. The van der Waals surface area contributed by atoms with E-state index in [9.17, 15) is 13.2 Å². The van der Waals surface area contributed by atoms with Gasteiger partial charge in [0.1, 0.15) is 22.9 Å². The Bertz CT molecular complexity index is 2330. The van der Waals surface area contributed by atoms with Crippen LogP contribution in [0.2, 0.25) is 0 Å². The normalized spacial score (nSPS) is 13.1. The molecule has 51 heavy (non-hydrogen) atoms. The summed E-state index contributed by atoms with van der Waals surface area (Å²) < 4.78 is 41.6. The van der Waals surface area contributed by atoms with Crippen LogP contribution in [0.1, 0.15) is 43.2 Å². The number of hydrogen-bond donors (Lipinski definition) is 1. The van der Waals surface area contributed by atoms with Gasteiger partial charge >= 0.3 is 6.09 Å². The van der Waals surface area contributed by atoms with Crippen LogP contribution < -0.4 is 10.1 Å². The van der Waals surface area contributed by atoms with Gasteiger partial charge < -0.3 is 19.7 Å². The monoisotopic (exact) mass is 702 g/mol. The molecule has 4 aromatic heterocycles. The van der Waals surface area contributed by atoms with Gasteiger partial charge in [-0.1, -0.05) is 48.0 Å². The Morgan fingerprint density at radius 1 is 0.941 bits per heavy atom. The second kappa shape index (κ2) is 13.5. The Morgan fingerprint density at radius 3 is 2.47 bits per heavy atom. The molecule has 6 aromatic rings. The van der Waals surface area contributed by atoms with Gasteiger partial charge in [-0.15, -0.1) is 0 Å². The predicted molar refractivity (Wildman–Crippen MR) is 195 cm³/mol. The molecule has 0 atom stereocenters. The van der Waals surface area contributed by atoms with E-state index in [4.69, 9.17) is 9.47 Å². The molecule has 0 aliphatic carbocycles. The fraction of sp³-hybridized carbons (Fsp3) is 0.231. The smallest absolute Gasteiger partial charge is 0.410 e. The number of anilines is 1. The SMILES string of the molecule is Cc1ccc(S(=O)(=O)n2cc(-c3ccnc(NCc4ccccc4)c3)c3c(Oc4cnc5c(c4)CN(C(=O)OC(C)(C)C)CC5)ccnc32)cc1. The van der Waals surface area contributed by atoms with Crippen LogP contribution in [-0.4, -0.2) is 50.5 Å². The highest BCUT2D eigenvalue weighted by atomic mass is 32.2. The van der Waals surface area contributed by atoms with Crippen LogP contribution in [0.5, 0.6) is 11.5 Å². The maximum Gasteiger partial charge on any atom is 0.410 e. The first-order valence-corrected chi connectivity index (χ1v) is 18.1. The second-order valence-corrected chi connectivity index (χ2v) is 15.3. The van der Waals surface area contributed by atoms with E-state index in [-0.39, 0.29) is 16.6 Å². The quantitative estimate of drug-likeness (QED) is 0.169. The van der Waals surface area contributed by atoms with Crippen molar-refractivity contribution in [3.05, 3.63) is 126 Å². The summed E-state index contributed by atoms with van der Waals surface area (Å²) in [5, 5.41) is 3.87. The Kier molecular flexibility index (Phi) is 8.94. The van der Waals surface area contributed by atoms with E-state index < -0.39 is 15.6 Å². The lowest BCUT2D eigenvalue weighted by atomic mass is 10.1. The summed E-state index contributed by atoms with van der Waals surface area (Å²) in [6.45, 7) is 8.82. The topological polar surface area (TPSA) is 129 Å². The molecule has 1 aliphatic heterocycles. The number of benzene rings is 2. The van der Waals surface area contributed by atoms with Gasteiger partial charge in [-0.25, -0.2) is 27.2 Å². The minimum absolute atomic E-state index is 0.137. The van der Waals surface area contributed by atoms with Gasteiger partial charge in [0.25, 0.3) is 10.0 Å². The lowest BCUT2D eigenvalue weighted by molar-refractivity contribution is 0.0222. The fourth-order valence-corrected chi connectivity index (χ4v) is 7.28. The van der Waals surface area contributed by atoms with Crippen molar-refractivity contribution in [3.8, 4) is 22.6 Å². The first-order chi connectivity index (χ1) is 24.4. The number of aromatic nitrogens is 4. The van der Waals surface area contributed by atoms with E-state index in [0.29, 0.717) is 54.3 Å². The van der Waals surface area contributed by atoms with Gasteiger partial charge in [0.15, 0.2) is 5.65 Å². The summed E-state index contributed by atoms with van der Waals surface area (Å²) >= 11 is 0. The number of rotatable bonds is 8. The van der Waals surface area contributed by atoms with Crippen LogP contribution >= 0.6 is 0 Å². The van der Waals surface area contributed by atoms with Gasteiger partial charge in [-0.05, 0) is 80.8 Å². The number of amides is 1. The highest BCUT2D eigenvalue weighted by molar-refractivity contribution is 7.90. The van der Waals surface area contributed by atoms with Crippen LogP contribution in [0.15, 0.2) is 109 Å². The first kappa shape index (κ1) is 33.7. The number of nitrogens with one attached hydrogen (secondary N) is 1. The van der Waals surface area contributed by atoms with Crippen LogP contribution in [-0.2, 0) is 34.3 Å². The van der Waals surface area contributed by atoms with Crippen molar-refractivity contribution in [2.75, 3.05) is 11.9 Å². The van der Waals surface area contributed by atoms with Gasteiger partial charge in [-0.3, -0.25) is 4.98 Å². The summed E-state index contributed by atoms with van der Waals surface area (Å²) in [5.74, 6) is 1.45. The molecular formula is C39H38N6O5S. The summed E-state index contributed by atoms with van der Waals surface area (Å²) in [7, 11) is -4.05. The van der Waals surface area contributed by atoms with Crippen LogP contribution in [0.4, 0.5) is 10.6 Å². The lowest BCUT2D eigenvalue weighted by Crippen LogP contribution is -2.40. The van der Waals surface area contributed by atoms with Gasteiger partial charge in [0, 0.05) is 49.4 Å². The van der Waals surface area contributed by atoms with Crippen LogP contribution in [0.25, 0.3) is 22.2 Å². The minimum atomic E-state index is -4.05. The molecule has 0 saturated heterocycles. The molecule has 0 spiro atoms. The molecule has 12 heteroatoms. The van der Waals surface area contributed by atoms with Crippen molar-refractivity contribution in [1.29, 1.82) is 0 Å². The van der Waals surface area contributed by atoms with Crippen molar-refractivity contribution in [1.82, 2.24) is 23.8 Å². The van der Waals surface area contributed by atoms with Gasteiger partial charge in [-0.2, -0.15) is 0 Å². The molecule has 0 fully saturated rings. The number of carbonyl (C=O) groups excluding carboxylic acids is 1. The average molecular weight is 703 g/mol. The summed E-state index contributed by atoms with van der Waals surface area (Å²) in [5.41, 5.74) is 4.68. The molecule has 1 aliphatic rings. The molecule has 0 saturated carbocycles. The van der Waals surface area contributed by atoms with Crippen molar-refractivity contribution < 1.29 is 22.7 Å². The van der Waals surface area contributed by atoms with E-state index in [0.717, 1.165) is 27.9 Å². The zero-order chi connectivity index (χ0) is 35.8. The van der Waals surface area contributed by atoms with Crippen LogP contribution in [0.3, 0.4) is 0 Å². The lowest BCUT2D eigenvalue weighted by Gasteiger charge is -2.30. The Morgan fingerprint density at radius 2 is 1.71 bits per heavy atom. The number of hydrogen-bond acceptors (Lipinski definition) is 9. The minimum Gasteiger partial charge on any atom is -0.455 e. The molecule has 260 valence electrons. The van der Waals surface area contributed by atoms with Gasteiger partial charge in [0.2, 0.25) is 0 Å². The van der Waals surface area contributed by atoms with E-state index >= 15 is 0 Å². The molecule has 5 heterocycles. The Hall–Kier alpha value is -5.75. The molecule has 0 unspecified atom stereocenters. The van der Waals surface area contributed by atoms with Gasteiger partial charge in [0.05, 0.1) is 23.0 Å². The number of ether oxygens (including phenoxy) is 2. The standard InChI is InChI=1S/C39H38N6O5S/c1-26-10-12-31(13-11-26)51(47,48)45-25-32(28-14-17-40-35(21-28)43-22-27-8-6-5-7-9-27)36-34(15-18-41-37(36)45)49-30-20-29-24-44(19-16-33(29)42-23-30)38(46)50-39(2,3)4/h5-15,17-18,20-21,23,25H,16,19,22,24H2,1-4H3,(H,40,43). The van der Waals surface area contributed by atoms with Crippen molar-refractivity contribution >= 4 is 33.0 Å². The molecule has 1 N–H and O–H groups in total. The number of aryl methyl sites for hydroxylation is 1. The molecule has 0 bridgehead atoms. The molecule has 0 radical (unpaired) electrons. The van der Waals surface area contributed by atoms with Crippen molar-refractivity contribution in [2.24, 2.45) is 0 Å². The second-order valence-electron chi connectivity index (χ2n) is 13.5. The fourth-order valence-electron chi connectivity index (χ4n) is 5.96. The average Bonchev–Trinajstić information content (AvgIpc) is 3.52. The van der Waals surface area contributed by atoms with E-state index in [1.54, 1.807) is 53.8 Å². The molecular weight excluding hydrogens is 665 g/mol. The van der Waals surface area contributed by atoms with E-state index in [2.05, 4.69) is 20.3 Å². The maximum absolute atomic E-state index is 14.1. The highest BCUT2D eigenvalue weighted by Crippen LogP contribution is 2.40. The first-order valence-electron chi connectivity index (χ1n) is 16.6.